The fourth-order valence-corrected chi connectivity index (χ4v) is 14.6. The molecule has 2 aliphatic rings. The normalized spacial score (nSPS) is 12.9. The average molecular weight is 1120 g/mol. The standard InChI is InChI=1S/C83H66N2O2/c1-49(2)55-35-41-59(42-36-55)84(61-39-29-53(7)67(45-61)57-31-25-51(5)26-32-57)73-47-71-79(77-65-19-11-15-23-75(65)86-81(73)77)80-72(83(71)69-21-13-9-17-63(69)64-18-10-14-22-70(64)83)48-74(82-78(80)66-20-12-16-24-76(66)87-82)85(60-43-37-56(38-44-60)50(3)4)62-40-30-54(8)68(46-62)58-33-27-52(6)28-34-58/h9-50H,1-8H3. The predicted molar refractivity (Wildman–Crippen MR) is 365 cm³/mol. The quantitative estimate of drug-likeness (QED) is 0.137. The van der Waals surface area contributed by atoms with Crippen molar-refractivity contribution in [3.63, 3.8) is 0 Å². The van der Waals surface area contributed by atoms with E-state index in [1.54, 1.807) is 0 Å². The molecule has 0 radical (unpaired) electrons. The molecule has 0 amide bonds. The zero-order valence-electron chi connectivity index (χ0n) is 50.5. The summed E-state index contributed by atoms with van der Waals surface area (Å²) in [6.45, 7) is 17.8. The second kappa shape index (κ2) is 20.0. The van der Waals surface area contributed by atoms with Crippen LogP contribution in [0.1, 0.15) is 95.2 Å². The van der Waals surface area contributed by atoms with Crippen molar-refractivity contribution < 1.29 is 8.83 Å². The van der Waals surface area contributed by atoms with E-state index in [-0.39, 0.29) is 0 Å². The van der Waals surface area contributed by atoms with Gasteiger partial charge < -0.3 is 18.6 Å². The Bertz CT molecular complexity index is 4750. The number of benzene rings is 12. The number of fused-ring (bicyclic) bond motifs is 18. The molecule has 0 saturated carbocycles. The number of aryl methyl sites for hydroxylation is 4. The van der Waals surface area contributed by atoms with Gasteiger partial charge in [-0.25, -0.2) is 0 Å². The summed E-state index contributed by atoms with van der Waals surface area (Å²) in [6, 6.07) is 91.0. The highest BCUT2D eigenvalue weighted by atomic mass is 16.3. The number of hydrogen-bond acceptors (Lipinski definition) is 4. The Balaban J connectivity index is 1.07. The maximum atomic E-state index is 7.53. The van der Waals surface area contributed by atoms with Crippen molar-refractivity contribution in [3.8, 4) is 44.5 Å². The first kappa shape index (κ1) is 52.4. The van der Waals surface area contributed by atoms with Gasteiger partial charge >= 0.3 is 0 Å². The molecule has 0 unspecified atom stereocenters. The van der Waals surface area contributed by atoms with E-state index in [9.17, 15) is 0 Å². The van der Waals surface area contributed by atoms with Crippen LogP contribution in [0.15, 0.2) is 251 Å². The monoisotopic (exact) mass is 1120 g/mol. The van der Waals surface area contributed by atoms with Crippen molar-refractivity contribution in [1.29, 1.82) is 0 Å². The first-order valence-electron chi connectivity index (χ1n) is 30.8. The van der Waals surface area contributed by atoms with Gasteiger partial charge in [0.25, 0.3) is 0 Å². The van der Waals surface area contributed by atoms with Crippen molar-refractivity contribution in [2.75, 3.05) is 9.80 Å². The molecule has 0 atom stereocenters. The molecule has 2 heterocycles. The van der Waals surface area contributed by atoms with Crippen LogP contribution in [0.25, 0.3) is 88.4 Å². The Morgan fingerprint density at radius 1 is 0.333 bits per heavy atom. The second-order valence-electron chi connectivity index (χ2n) is 25.0. The molecule has 2 aliphatic carbocycles. The number of anilines is 6. The van der Waals surface area contributed by atoms with Crippen LogP contribution < -0.4 is 9.80 Å². The average Bonchev–Trinajstić information content (AvgIpc) is 1.49. The van der Waals surface area contributed by atoms with Gasteiger partial charge in [-0.15, -0.1) is 0 Å². The van der Waals surface area contributed by atoms with Crippen LogP contribution in [0.5, 0.6) is 0 Å². The third-order valence-electron chi connectivity index (χ3n) is 19.1. The molecule has 2 aromatic heterocycles. The summed E-state index contributed by atoms with van der Waals surface area (Å²) in [5.74, 6) is 0.723. The fourth-order valence-electron chi connectivity index (χ4n) is 14.6. The van der Waals surface area contributed by atoms with E-state index in [1.807, 2.05) is 0 Å². The van der Waals surface area contributed by atoms with Crippen molar-refractivity contribution in [1.82, 2.24) is 0 Å². The van der Waals surface area contributed by atoms with Gasteiger partial charge in [0, 0.05) is 44.3 Å². The Kier molecular flexibility index (Phi) is 12.0. The summed E-state index contributed by atoms with van der Waals surface area (Å²) in [4.78, 5) is 4.94. The summed E-state index contributed by atoms with van der Waals surface area (Å²) in [6.07, 6.45) is 0. The maximum absolute atomic E-state index is 7.53. The summed E-state index contributed by atoms with van der Waals surface area (Å²) >= 11 is 0. The number of hydrogen-bond donors (Lipinski definition) is 0. The lowest BCUT2D eigenvalue weighted by Gasteiger charge is -2.33. The molecule has 420 valence electrons. The summed E-state index contributed by atoms with van der Waals surface area (Å²) in [5, 5.41) is 4.28. The number of furan rings is 2. The van der Waals surface area contributed by atoms with Crippen molar-refractivity contribution >= 4 is 78.0 Å². The number of para-hydroxylation sites is 2. The van der Waals surface area contributed by atoms with Crippen molar-refractivity contribution in [2.45, 2.75) is 72.6 Å². The van der Waals surface area contributed by atoms with Crippen LogP contribution in [0.3, 0.4) is 0 Å². The summed E-state index contributed by atoms with van der Waals surface area (Å²) in [7, 11) is 0. The third kappa shape index (κ3) is 7.97. The minimum Gasteiger partial charge on any atom is -0.454 e. The minimum atomic E-state index is -0.832. The zero-order chi connectivity index (χ0) is 59.0. The molecule has 16 rings (SSSR count). The van der Waals surface area contributed by atoms with Gasteiger partial charge in [0.2, 0.25) is 0 Å². The van der Waals surface area contributed by atoms with E-state index < -0.39 is 5.41 Å². The molecule has 4 heteroatoms. The van der Waals surface area contributed by atoms with Gasteiger partial charge in [-0.1, -0.05) is 209 Å². The SMILES string of the molecule is Cc1ccc(-c2cc(N(c3ccc(C(C)C)cc3)c3cc4c(c5c3oc3ccccc35)-c3c(cc(N(c5ccc(C(C)C)cc5)c5ccc(C)c(-c6ccc(C)cc6)c5)c5oc6ccccc6c35)C43c4ccccc4-c4ccccc43)ccc2C)cc1. The van der Waals surface area contributed by atoms with Crippen LogP contribution in [-0.4, -0.2) is 0 Å². The zero-order valence-corrected chi connectivity index (χ0v) is 50.5. The fraction of sp³-hybridized carbons (Fsp3) is 0.133. The van der Waals surface area contributed by atoms with E-state index in [0.29, 0.717) is 11.8 Å². The maximum Gasteiger partial charge on any atom is 0.160 e. The van der Waals surface area contributed by atoms with Crippen LogP contribution in [-0.2, 0) is 5.41 Å². The van der Waals surface area contributed by atoms with Crippen LogP contribution in [0.4, 0.5) is 34.1 Å². The van der Waals surface area contributed by atoms with E-state index in [1.165, 1.54) is 89.0 Å². The molecule has 4 nitrogen and oxygen atoms in total. The molecule has 0 saturated heterocycles. The summed E-state index contributed by atoms with van der Waals surface area (Å²) in [5.41, 5.74) is 30.5. The molecule has 0 bridgehead atoms. The van der Waals surface area contributed by atoms with Crippen molar-refractivity contribution in [2.24, 2.45) is 0 Å². The molecule has 0 N–H and O–H groups in total. The van der Waals surface area contributed by atoms with Crippen LogP contribution >= 0.6 is 0 Å². The Hall–Kier alpha value is -10.2. The molecule has 14 aromatic rings. The lowest BCUT2D eigenvalue weighted by atomic mass is 9.70. The van der Waals surface area contributed by atoms with E-state index >= 15 is 0 Å². The largest absolute Gasteiger partial charge is 0.454 e. The lowest BCUT2D eigenvalue weighted by molar-refractivity contribution is 0.668. The Morgan fingerprint density at radius 2 is 0.701 bits per heavy atom. The van der Waals surface area contributed by atoms with Crippen molar-refractivity contribution in [3.05, 3.63) is 298 Å². The molecular weight excluding hydrogens is 1060 g/mol. The number of rotatable bonds is 10. The highest BCUT2D eigenvalue weighted by Gasteiger charge is 2.54. The highest BCUT2D eigenvalue weighted by Crippen LogP contribution is 2.68. The topological polar surface area (TPSA) is 32.8 Å². The highest BCUT2D eigenvalue weighted by molar-refractivity contribution is 6.27. The third-order valence-corrected chi connectivity index (χ3v) is 19.1. The molecule has 87 heavy (non-hydrogen) atoms. The van der Waals surface area contributed by atoms with Gasteiger partial charge in [0.05, 0.1) is 16.8 Å². The van der Waals surface area contributed by atoms with Gasteiger partial charge in [-0.3, -0.25) is 0 Å². The lowest BCUT2D eigenvalue weighted by Crippen LogP contribution is -2.26. The minimum absolute atomic E-state index is 0.361. The second-order valence-corrected chi connectivity index (χ2v) is 25.0. The molecular formula is C83H66N2O2. The van der Waals surface area contributed by atoms with Gasteiger partial charge in [-0.05, 0) is 201 Å². The van der Waals surface area contributed by atoms with Crippen LogP contribution in [0, 0.1) is 27.7 Å². The first-order valence-corrected chi connectivity index (χ1v) is 30.8. The van der Waals surface area contributed by atoms with E-state index in [0.717, 1.165) is 89.1 Å². The van der Waals surface area contributed by atoms with E-state index in [2.05, 4.69) is 308 Å². The molecule has 12 aromatic carbocycles. The molecule has 0 fully saturated rings. The van der Waals surface area contributed by atoms with E-state index in [4.69, 9.17) is 8.83 Å². The Morgan fingerprint density at radius 3 is 1.10 bits per heavy atom. The smallest absolute Gasteiger partial charge is 0.160 e. The molecule has 0 aliphatic heterocycles. The van der Waals surface area contributed by atoms with Gasteiger partial charge in [-0.2, -0.15) is 0 Å². The number of nitrogens with zero attached hydrogens (tertiary/aromatic N) is 2. The Labute approximate surface area is 509 Å². The predicted octanol–water partition coefficient (Wildman–Crippen LogP) is 23.6. The van der Waals surface area contributed by atoms with Crippen LogP contribution in [0.2, 0.25) is 0 Å². The van der Waals surface area contributed by atoms with Gasteiger partial charge in [0.1, 0.15) is 11.2 Å². The summed E-state index contributed by atoms with van der Waals surface area (Å²) < 4.78 is 15.1. The first-order chi connectivity index (χ1) is 42.4. The van der Waals surface area contributed by atoms with Gasteiger partial charge in [0.15, 0.2) is 11.2 Å². The molecule has 1 spiro atoms.